The number of nitrogens with zero attached hydrogens (tertiary/aromatic N) is 1. The van der Waals surface area contributed by atoms with Crippen LogP contribution in [0.25, 0.3) is 5.70 Å². The quantitative estimate of drug-likeness (QED) is 0.815. The lowest BCUT2D eigenvalue weighted by Gasteiger charge is -2.33. The molecule has 0 aliphatic carbocycles. The monoisotopic (exact) mass is 349 g/mol. The summed E-state index contributed by atoms with van der Waals surface area (Å²) in [6.45, 7) is 5.55. The van der Waals surface area contributed by atoms with Gasteiger partial charge in [0.2, 0.25) is 0 Å². The molecule has 2 aromatic rings. The Morgan fingerprint density at radius 1 is 1.08 bits per heavy atom. The summed E-state index contributed by atoms with van der Waals surface area (Å²) in [5, 5.41) is 9.69. The van der Waals surface area contributed by atoms with Crippen molar-refractivity contribution in [3.63, 3.8) is 0 Å². The average Bonchev–Trinajstić information content (AvgIpc) is 2.66. The molecule has 3 rings (SSSR count). The normalized spacial score (nSPS) is 15.5. The highest BCUT2D eigenvalue weighted by molar-refractivity contribution is 5.65. The predicted octanol–water partition coefficient (Wildman–Crippen LogP) is 4.35. The van der Waals surface area contributed by atoms with Crippen molar-refractivity contribution in [2.75, 3.05) is 13.1 Å². The fourth-order valence-corrected chi connectivity index (χ4v) is 3.23. The Hall–Kier alpha value is -2.57. The molecule has 3 heteroatoms. The molecule has 0 radical (unpaired) electrons. The summed E-state index contributed by atoms with van der Waals surface area (Å²) in [7, 11) is 0. The highest BCUT2D eigenvalue weighted by atomic mass is 19.1. The van der Waals surface area contributed by atoms with Crippen LogP contribution in [0.3, 0.4) is 0 Å². The molecule has 1 fully saturated rings. The molecule has 1 heterocycles. The minimum absolute atomic E-state index is 0.169. The van der Waals surface area contributed by atoms with Gasteiger partial charge in [-0.15, -0.1) is 0 Å². The Labute approximate surface area is 155 Å². The Bertz CT molecular complexity index is 850. The smallest absolute Gasteiger partial charge is 0.126 e. The SMILES string of the molecule is C/C=C(/c1ccc(C#Cc2ccc(F)c(C)c2)cc1)N1CCC(O)CC1. The van der Waals surface area contributed by atoms with Crippen LogP contribution >= 0.6 is 0 Å². The number of hydrogen-bond donors (Lipinski definition) is 1. The van der Waals surface area contributed by atoms with E-state index in [2.05, 4.69) is 34.9 Å². The lowest BCUT2D eigenvalue weighted by molar-refractivity contribution is 0.106. The van der Waals surface area contributed by atoms with E-state index in [4.69, 9.17) is 0 Å². The minimum Gasteiger partial charge on any atom is -0.393 e. The maximum atomic E-state index is 13.3. The molecule has 0 spiro atoms. The molecule has 2 aromatic carbocycles. The number of benzene rings is 2. The summed E-state index contributed by atoms with van der Waals surface area (Å²) in [6.07, 6.45) is 3.59. The second-order valence-electron chi connectivity index (χ2n) is 6.68. The molecule has 134 valence electrons. The first-order chi connectivity index (χ1) is 12.6. The largest absolute Gasteiger partial charge is 0.393 e. The van der Waals surface area contributed by atoms with Crippen molar-refractivity contribution in [1.82, 2.24) is 4.90 Å². The zero-order valence-corrected chi connectivity index (χ0v) is 15.3. The summed E-state index contributed by atoms with van der Waals surface area (Å²) >= 11 is 0. The Morgan fingerprint density at radius 2 is 1.69 bits per heavy atom. The van der Waals surface area contributed by atoms with Crippen LogP contribution < -0.4 is 0 Å². The van der Waals surface area contributed by atoms with Gasteiger partial charge in [-0.3, -0.25) is 0 Å². The van der Waals surface area contributed by atoms with E-state index in [9.17, 15) is 9.50 Å². The molecule has 0 aromatic heterocycles. The van der Waals surface area contributed by atoms with E-state index < -0.39 is 0 Å². The van der Waals surface area contributed by atoms with E-state index in [1.807, 2.05) is 19.1 Å². The van der Waals surface area contributed by atoms with E-state index in [1.165, 1.54) is 11.8 Å². The van der Waals surface area contributed by atoms with Gasteiger partial charge in [0, 0.05) is 29.9 Å². The average molecular weight is 349 g/mol. The highest BCUT2D eigenvalue weighted by Gasteiger charge is 2.19. The van der Waals surface area contributed by atoms with Gasteiger partial charge >= 0.3 is 0 Å². The van der Waals surface area contributed by atoms with Gasteiger partial charge in [0.15, 0.2) is 0 Å². The van der Waals surface area contributed by atoms with Gasteiger partial charge in [0.25, 0.3) is 0 Å². The van der Waals surface area contributed by atoms with Crippen molar-refractivity contribution in [1.29, 1.82) is 0 Å². The molecule has 1 aliphatic rings. The summed E-state index contributed by atoms with van der Waals surface area (Å²) in [4.78, 5) is 2.33. The number of aryl methyl sites for hydroxylation is 1. The Balaban J connectivity index is 1.74. The van der Waals surface area contributed by atoms with Gasteiger partial charge in [-0.1, -0.05) is 30.0 Å². The second kappa shape index (κ2) is 8.21. The maximum absolute atomic E-state index is 13.3. The zero-order chi connectivity index (χ0) is 18.5. The number of rotatable bonds is 2. The van der Waals surface area contributed by atoms with E-state index in [1.54, 1.807) is 19.1 Å². The van der Waals surface area contributed by atoms with Gasteiger partial charge in [-0.25, -0.2) is 4.39 Å². The van der Waals surface area contributed by atoms with E-state index >= 15 is 0 Å². The van der Waals surface area contributed by atoms with E-state index in [-0.39, 0.29) is 11.9 Å². The van der Waals surface area contributed by atoms with Crippen molar-refractivity contribution < 1.29 is 9.50 Å². The molecule has 1 aliphatic heterocycles. The molecular weight excluding hydrogens is 325 g/mol. The van der Waals surface area contributed by atoms with Gasteiger partial charge in [-0.05, 0) is 68.1 Å². The van der Waals surface area contributed by atoms with Crippen molar-refractivity contribution in [2.24, 2.45) is 0 Å². The van der Waals surface area contributed by atoms with Gasteiger partial charge in [0.05, 0.1) is 6.10 Å². The van der Waals surface area contributed by atoms with Crippen LogP contribution in [0.5, 0.6) is 0 Å². The number of aliphatic hydroxyl groups excluding tert-OH is 1. The van der Waals surface area contributed by atoms with Crippen molar-refractivity contribution in [3.8, 4) is 11.8 Å². The number of aliphatic hydroxyl groups is 1. The molecule has 0 unspecified atom stereocenters. The molecule has 1 N–H and O–H groups in total. The van der Waals surface area contributed by atoms with Gasteiger partial charge in [-0.2, -0.15) is 0 Å². The first kappa shape index (κ1) is 18.2. The zero-order valence-electron chi connectivity index (χ0n) is 15.3. The van der Waals surface area contributed by atoms with Gasteiger partial charge in [0.1, 0.15) is 5.82 Å². The maximum Gasteiger partial charge on any atom is 0.126 e. The number of halogens is 1. The summed E-state index contributed by atoms with van der Waals surface area (Å²) in [6, 6.07) is 13.1. The first-order valence-corrected chi connectivity index (χ1v) is 9.05. The lowest BCUT2D eigenvalue weighted by atomic mass is 10.0. The minimum atomic E-state index is -0.205. The predicted molar refractivity (Wildman–Crippen MR) is 104 cm³/mol. The van der Waals surface area contributed by atoms with Crippen molar-refractivity contribution >= 4 is 5.70 Å². The van der Waals surface area contributed by atoms with Crippen molar-refractivity contribution in [3.05, 3.63) is 76.6 Å². The topological polar surface area (TPSA) is 23.5 Å². The van der Waals surface area contributed by atoms with Crippen LogP contribution in [0, 0.1) is 24.6 Å². The van der Waals surface area contributed by atoms with Crippen LogP contribution in [-0.4, -0.2) is 29.2 Å². The van der Waals surface area contributed by atoms with Crippen LogP contribution in [0.4, 0.5) is 4.39 Å². The summed E-state index contributed by atoms with van der Waals surface area (Å²) < 4.78 is 13.3. The third-order valence-electron chi connectivity index (χ3n) is 4.77. The Morgan fingerprint density at radius 3 is 2.31 bits per heavy atom. The molecule has 0 amide bonds. The summed E-state index contributed by atoms with van der Waals surface area (Å²) in [5.74, 6) is 6.02. The molecule has 0 saturated carbocycles. The first-order valence-electron chi connectivity index (χ1n) is 9.05. The fraction of sp³-hybridized carbons (Fsp3) is 0.304. The van der Waals surface area contributed by atoms with Crippen LogP contribution in [0.1, 0.15) is 42.0 Å². The number of allylic oxidation sites excluding steroid dienone is 1. The van der Waals surface area contributed by atoms with E-state index in [0.29, 0.717) is 5.56 Å². The fourth-order valence-electron chi connectivity index (χ4n) is 3.23. The summed E-state index contributed by atoms with van der Waals surface area (Å²) in [5.41, 5.74) is 4.71. The van der Waals surface area contributed by atoms with Crippen LogP contribution in [0.2, 0.25) is 0 Å². The molecule has 0 atom stereocenters. The number of hydrogen-bond acceptors (Lipinski definition) is 2. The molecule has 26 heavy (non-hydrogen) atoms. The van der Waals surface area contributed by atoms with Crippen LogP contribution in [0.15, 0.2) is 48.5 Å². The van der Waals surface area contributed by atoms with Gasteiger partial charge < -0.3 is 10.0 Å². The van der Waals surface area contributed by atoms with Crippen molar-refractivity contribution in [2.45, 2.75) is 32.8 Å². The number of likely N-dealkylation sites (tertiary alicyclic amines) is 1. The molecule has 2 nitrogen and oxygen atoms in total. The van der Waals surface area contributed by atoms with E-state index in [0.717, 1.165) is 42.6 Å². The molecular formula is C23H24FNO. The second-order valence-corrected chi connectivity index (χ2v) is 6.68. The highest BCUT2D eigenvalue weighted by Crippen LogP contribution is 2.24. The lowest BCUT2D eigenvalue weighted by Crippen LogP contribution is -2.34. The number of piperidine rings is 1. The third-order valence-corrected chi connectivity index (χ3v) is 4.77. The van der Waals surface area contributed by atoms with Crippen LogP contribution in [-0.2, 0) is 0 Å². The Kier molecular flexibility index (Phi) is 5.75. The third kappa shape index (κ3) is 4.33. The molecule has 1 saturated heterocycles. The molecule has 0 bridgehead atoms. The standard InChI is InChI=1S/C23H24FNO/c1-3-23(25-14-12-21(26)13-15-25)20-9-6-18(7-10-20)4-5-19-8-11-22(24)17(2)16-19/h3,6-11,16,21,26H,12-15H2,1-2H3/b23-3-.